The van der Waals surface area contributed by atoms with Crippen molar-refractivity contribution in [3.8, 4) is 5.75 Å². The Morgan fingerprint density at radius 2 is 1.75 bits per heavy atom. The molecule has 2 aromatic carbocycles. The number of aryl methyl sites for hydroxylation is 2. The van der Waals surface area contributed by atoms with Crippen molar-refractivity contribution in [3.05, 3.63) is 65.2 Å². The summed E-state index contributed by atoms with van der Waals surface area (Å²) in [6, 6.07) is 15.0. The third-order valence-electron chi connectivity index (χ3n) is 4.56. The van der Waals surface area contributed by atoms with Gasteiger partial charge in [0, 0.05) is 13.1 Å². The van der Waals surface area contributed by atoms with E-state index in [9.17, 15) is 9.59 Å². The lowest BCUT2D eigenvalue weighted by molar-refractivity contribution is -0.142. The Balaban J connectivity index is 2.18. The standard InChI is InChI=1S/C23H30N2O3/c1-5-21(23(27)24-6-2)25(15-19-12-10-17(3)11-13-19)22(26)16-28-20-9-7-8-18(4)14-20/h7-14,21H,5-6,15-16H2,1-4H3,(H,24,27)/t21-/m0/s1. The zero-order valence-corrected chi connectivity index (χ0v) is 17.2. The molecule has 0 aliphatic carbocycles. The van der Waals surface area contributed by atoms with E-state index >= 15 is 0 Å². The van der Waals surface area contributed by atoms with Gasteiger partial charge in [-0.3, -0.25) is 9.59 Å². The van der Waals surface area contributed by atoms with Crippen LogP contribution in [0.25, 0.3) is 0 Å². The van der Waals surface area contributed by atoms with Crippen molar-refractivity contribution in [1.29, 1.82) is 0 Å². The van der Waals surface area contributed by atoms with E-state index in [-0.39, 0.29) is 18.4 Å². The Morgan fingerprint density at radius 3 is 2.36 bits per heavy atom. The number of benzene rings is 2. The molecule has 150 valence electrons. The van der Waals surface area contributed by atoms with E-state index in [0.717, 1.165) is 16.7 Å². The quantitative estimate of drug-likeness (QED) is 0.721. The number of likely N-dealkylation sites (N-methyl/N-ethyl adjacent to an activating group) is 1. The van der Waals surface area contributed by atoms with Crippen molar-refractivity contribution in [3.63, 3.8) is 0 Å². The number of hydrogen-bond donors (Lipinski definition) is 1. The summed E-state index contributed by atoms with van der Waals surface area (Å²) in [4.78, 5) is 27.2. The lowest BCUT2D eigenvalue weighted by atomic mass is 10.1. The second kappa shape index (κ2) is 10.5. The minimum Gasteiger partial charge on any atom is -0.484 e. The molecule has 2 rings (SSSR count). The monoisotopic (exact) mass is 382 g/mol. The number of rotatable bonds is 9. The molecule has 0 saturated carbocycles. The maximum atomic E-state index is 13.0. The summed E-state index contributed by atoms with van der Waals surface area (Å²) in [5, 5.41) is 2.83. The van der Waals surface area contributed by atoms with Crippen LogP contribution in [0.15, 0.2) is 48.5 Å². The highest BCUT2D eigenvalue weighted by atomic mass is 16.5. The molecule has 0 bridgehead atoms. The number of nitrogens with one attached hydrogen (secondary N) is 1. The first-order chi connectivity index (χ1) is 13.4. The average molecular weight is 383 g/mol. The summed E-state index contributed by atoms with van der Waals surface area (Å²) in [6.45, 7) is 8.57. The van der Waals surface area contributed by atoms with Crippen LogP contribution in [0, 0.1) is 13.8 Å². The summed E-state index contributed by atoms with van der Waals surface area (Å²) in [5.74, 6) is 0.302. The van der Waals surface area contributed by atoms with Crippen molar-refractivity contribution in [2.75, 3.05) is 13.2 Å². The van der Waals surface area contributed by atoms with E-state index in [4.69, 9.17) is 4.74 Å². The maximum Gasteiger partial charge on any atom is 0.261 e. The van der Waals surface area contributed by atoms with Gasteiger partial charge in [-0.15, -0.1) is 0 Å². The number of carbonyl (C=O) groups excluding carboxylic acids is 2. The molecule has 28 heavy (non-hydrogen) atoms. The summed E-state index contributed by atoms with van der Waals surface area (Å²) in [7, 11) is 0. The van der Waals surface area contributed by atoms with Gasteiger partial charge in [0.05, 0.1) is 0 Å². The number of nitrogens with zero attached hydrogens (tertiary/aromatic N) is 1. The molecule has 0 radical (unpaired) electrons. The Kier molecular flexibility index (Phi) is 8.05. The van der Waals surface area contributed by atoms with Crippen LogP contribution < -0.4 is 10.1 Å². The third-order valence-corrected chi connectivity index (χ3v) is 4.56. The zero-order chi connectivity index (χ0) is 20.5. The summed E-state index contributed by atoms with van der Waals surface area (Å²) >= 11 is 0. The van der Waals surface area contributed by atoms with E-state index in [1.165, 1.54) is 0 Å². The number of carbonyl (C=O) groups is 2. The van der Waals surface area contributed by atoms with Crippen LogP contribution in [0.1, 0.15) is 37.0 Å². The molecule has 0 aliphatic rings. The minimum absolute atomic E-state index is 0.106. The van der Waals surface area contributed by atoms with Crippen LogP contribution in [0.4, 0.5) is 0 Å². The molecular weight excluding hydrogens is 352 g/mol. The fourth-order valence-electron chi connectivity index (χ4n) is 3.03. The smallest absolute Gasteiger partial charge is 0.261 e. The summed E-state index contributed by atoms with van der Waals surface area (Å²) < 4.78 is 5.70. The van der Waals surface area contributed by atoms with Gasteiger partial charge in [-0.2, -0.15) is 0 Å². The predicted octanol–water partition coefficient (Wildman–Crippen LogP) is 3.63. The highest BCUT2D eigenvalue weighted by Crippen LogP contribution is 2.16. The Morgan fingerprint density at radius 1 is 1.04 bits per heavy atom. The first-order valence-corrected chi connectivity index (χ1v) is 9.76. The molecule has 1 atom stereocenters. The molecule has 1 N–H and O–H groups in total. The largest absolute Gasteiger partial charge is 0.484 e. The topological polar surface area (TPSA) is 58.6 Å². The molecule has 0 heterocycles. The van der Waals surface area contributed by atoms with Crippen LogP contribution in [0.2, 0.25) is 0 Å². The first kappa shape index (κ1) is 21.5. The van der Waals surface area contributed by atoms with Gasteiger partial charge in [0.25, 0.3) is 5.91 Å². The van der Waals surface area contributed by atoms with Crippen molar-refractivity contribution in [1.82, 2.24) is 10.2 Å². The van der Waals surface area contributed by atoms with Crippen LogP contribution in [-0.2, 0) is 16.1 Å². The van der Waals surface area contributed by atoms with Gasteiger partial charge < -0.3 is 15.0 Å². The van der Waals surface area contributed by atoms with Crippen LogP contribution >= 0.6 is 0 Å². The highest BCUT2D eigenvalue weighted by molar-refractivity contribution is 5.88. The zero-order valence-electron chi connectivity index (χ0n) is 17.2. The average Bonchev–Trinajstić information content (AvgIpc) is 2.68. The van der Waals surface area contributed by atoms with Crippen molar-refractivity contribution in [2.24, 2.45) is 0 Å². The van der Waals surface area contributed by atoms with Crippen molar-refractivity contribution >= 4 is 11.8 Å². The maximum absolute atomic E-state index is 13.0. The fraction of sp³-hybridized carbons (Fsp3) is 0.391. The lowest BCUT2D eigenvalue weighted by Gasteiger charge is -2.30. The van der Waals surface area contributed by atoms with Gasteiger partial charge in [-0.25, -0.2) is 0 Å². The first-order valence-electron chi connectivity index (χ1n) is 9.76. The minimum atomic E-state index is -0.533. The molecule has 2 aromatic rings. The second-order valence-electron chi connectivity index (χ2n) is 6.93. The molecule has 5 heteroatoms. The molecule has 0 fully saturated rings. The number of ether oxygens (including phenoxy) is 1. The Labute approximate surface area is 167 Å². The summed E-state index contributed by atoms with van der Waals surface area (Å²) in [6.07, 6.45) is 0.536. The van der Waals surface area contributed by atoms with Crippen LogP contribution in [0.3, 0.4) is 0 Å². The van der Waals surface area contributed by atoms with Gasteiger partial charge in [-0.05, 0) is 50.5 Å². The van der Waals surface area contributed by atoms with E-state index in [1.54, 1.807) is 4.90 Å². The summed E-state index contributed by atoms with van der Waals surface area (Å²) in [5.41, 5.74) is 3.20. The molecule has 0 aromatic heterocycles. The Hall–Kier alpha value is -2.82. The van der Waals surface area contributed by atoms with Gasteiger partial charge in [0.15, 0.2) is 6.61 Å². The fourth-order valence-corrected chi connectivity index (χ4v) is 3.03. The Bertz CT molecular complexity index is 787. The molecule has 5 nitrogen and oxygen atoms in total. The second-order valence-corrected chi connectivity index (χ2v) is 6.93. The van der Waals surface area contributed by atoms with Gasteiger partial charge >= 0.3 is 0 Å². The SMILES string of the molecule is CCNC(=O)[C@H](CC)N(Cc1ccc(C)cc1)C(=O)COc1cccc(C)c1. The van der Waals surface area contributed by atoms with Crippen LogP contribution in [-0.4, -0.2) is 35.9 Å². The molecule has 0 saturated heterocycles. The van der Waals surface area contributed by atoms with E-state index in [1.807, 2.05) is 76.2 Å². The van der Waals surface area contributed by atoms with E-state index < -0.39 is 6.04 Å². The molecule has 0 aliphatic heterocycles. The number of amides is 2. The molecular formula is C23H30N2O3. The van der Waals surface area contributed by atoms with Crippen molar-refractivity contribution < 1.29 is 14.3 Å². The van der Waals surface area contributed by atoms with Gasteiger partial charge in [-0.1, -0.05) is 48.9 Å². The van der Waals surface area contributed by atoms with Crippen LogP contribution in [0.5, 0.6) is 5.75 Å². The van der Waals surface area contributed by atoms with E-state index in [0.29, 0.717) is 25.3 Å². The number of hydrogen-bond acceptors (Lipinski definition) is 3. The normalized spacial score (nSPS) is 11.6. The molecule has 2 amide bonds. The van der Waals surface area contributed by atoms with Crippen molar-refractivity contribution in [2.45, 2.75) is 46.7 Å². The predicted molar refractivity (Wildman–Crippen MR) is 111 cm³/mol. The van der Waals surface area contributed by atoms with E-state index in [2.05, 4.69) is 5.32 Å². The van der Waals surface area contributed by atoms with Gasteiger partial charge in [0.1, 0.15) is 11.8 Å². The highest BCUT2D eigenvalue weighted by Gasteiger charge is 2.28. The lowest BCUT2D eigenvalue weighted by Crippen LogP contribution is -2.50. The van der Waals surface area contributed by atoms with Gasteiger partial charge in [0.2, 0.25) is 5.91 Å². The molecule has 0 spiro atoms. The molecule has 0 unspecified atom stereocenters. The third kappa shape index (κ3) is 6.12.